The summed E-state index contributed by atoms with van der Waals surface area (Å²) in [5.41, 5.74) is 0. The van der Waals surface area contributed by atoms with E-state index in [9.17, 15) is 0 Å². The Morgan fingerprint density at radius 1 is 1.35 bits per heavy atom. The van der Waals surface area contributed by atoms with Crippen molar-refractivity contribution < 1.29 is 4.74 Å². The Morgan fingerprint density at radius 2 is 2.10 bits per heavy atom. The summed E-state index contributed by atoms with van der Waals surface area (Å²) in [6.07, 6.45) is 5.19. The summed E-state index contributed by atoms with van der Waals surface area (Å²) in [7, 11) is 3.56. The van der Waals surface area contributed by atoms with Crippen LogP contribution in [0.5, 0.6) is 0 Å². The third-order valence-electron chi connectivity index (χ3n) is 3.92. The Labute approximate surface area is 121 Å². The Balaban J connectivity index is 2.06. The fourth-order valence-electron chi connectivity index (χ4n) is 2.83. The van der Waals surface area contributed by atoms with Crippen molar-refractivity contribution in [3.8, 4) is 0 Å². The number of nitrogens with one attached hydrogen (secondary N) is 1. The maximum absolute atomic E-state index is 5.15. The molecule has 5 nitrogen and oxygen atoms in total. The van der Waals surface area contributed by atoms with E-state index in [1.165, 1.54) is 25.7 Å². The molecular formula is C15H26N4O. The molecule has 0 spiro atoms. The van der Waals surface area contributed by atoms with E-state index >= 15 is 0 Å². The van der Waals surface area contributed by atoms with Crippen LogP contribution in [0.15, 0.2) is 6.07 Å². The third kappa shape index (κ3) is 3.82. The quantitative estimate of drug-likeness (QED) is 0.867. The summed E-state index contributed by atoms with van der Waals surface area (Å²) < 4.78 is 5.15. The number of nitrogens with zero attached hydrogens (tertiary/aromatic N) is 3. The molecule has 0 bridgehead atoms. The van der Waals surface area contributed by atoms with Gasteiger partial charge in [-0.1, -0.05) is 19.8 Å². The van der Waals surface area contributed by atoms with E-state index in [0.29, 0.717) is 6.61 Å². The van der Waals surface area contributed by atoms with Crippen LogP contribution < -0.4 is 10.2 Å². The lowest BCUT2D eigenvalue weighted by Gasteiger charge is -2.33. The van der Waals surface area contributed by atoms with Crippen LogP contribution in [0.2, 0.25) is 0 Å². The molecule has 112 valence electrons. The topological polar surface area (TPSA) is 50.3 Å². The second-order valence-corrected chi connectivity index (χ2v) is 5.43. The van der Waals surface area contributed by atoms with Crippen molar-refractivity contribution in [1.82, 2.24) is 9.97 Å². The number of aromatic nitrogens is 2. The van der Waals surface area contributed by atoms with Crippen molar-refractivity contribution >= 4 is 11.6 Å². The van der Waals surface area contributed by atoms with E-state index in [1.54, 1.807) is 7.11 Å². The average molecular weight is 278 g/mol. The molecule has 0 aliphatic carbocycles. The second kappa shape index (κ2) is 7.43. The zero-order chi connectivity index (χ0) is 14.4. The van der Waals surface area contributed by atoms with Gasteiger partial charge in [0.1, 0.15) is 18.2 Å². The lowest BCUT2D eigenvalue weighted by atomic mass is 9.92. The highest BCUT2D eigenvalue weighted by atomic mass is 16.5. The van der Waals surface area contributed by atoms with Gasteiger partial charge in [0.05, 0.1) is 0 Å². The van der Waals surface area contributed by atoms with Gasteiger partial charge < -0.3 is 15.0 Å². The summed E-state index contributed by atoms with van der Waals surface area (Å²) in [4.78, 5) is 11.4. The molecule has 1 aliphatic rings. The summed E-state index contributed by atoms with van der Waals surface area (Å²) >= 11 is 0. The summed E-state index contributed by atoms with van der Waals surface area (Å²) in [6.45, 7) is 4.91. The second-order valence-electron chi connectivity index (χ2n) is 5.43. The number of ether oxygens (including phenoxy) is 1. The van der Waals surface area contributed by atoms with Gasteiger partial charge in [0, 0.05) is 33.3 Å². The Bertz CT molecular complexity index is 416. The molecule has 2 rings (SSSR count). The molecule has 0 aromatic carbocycles. The van der Waals surface area contributed by atoms with Gasteiger partial charge in [-0.15, -0.1) is 0 Å². The van der Waals surface area contributed by atoms with Crippen molar-refractivity contribution in [2.75, 3.05) is 37.5 Å². The first-order chi connectivity index (χ1) is 9.76. The highest BCUT2D eigenvalue weighted by Crippen LogP contribution is 2.26. The molecule has 20 heavy (non-hydrogen) atoms. The zero-order valence-corrected chi connectivity index (χ0v) is 12.9. The maximum atomic E-state index is 5.15. The minimum absolute atomic E-state index is 0.453. The maximum Gasteiger partial charge on any atom is 0.158 e. The van der Waals surface area contributed by atoms with E-state index in [0.717, 1.165) is 36.5 Å². The van der Waals surface area contributed by atoms with Crippen LogP contribution in [0.3, 0.4) is 0 Å². The fourth-order valence-corrected chi connectivity index (χ4v) is 2.83. The Hall–Kier alpha value is -1.36. The Morgan fingerprint density at radius 3 is 2.70 bits per heavy atom. The van der Waals surface area contributed by atoms with Gasteiger partial charge in [0.25, 0.3) is 0 Å². The summed E-state index contributed by atoms with van der Waals surface area (Å²) in [6, 6.07) is 2.03. The number of piperidine rings is 1. The molecule has 2 heterocycles. The van der Waals surface area contributed by atoms with E-state index in [-0.39, 0.29) is 0 Å². The zero-order valence-electron chi connectivity index (χ0n) is 12.9. The van der Waals surface area contributed by atoms with Crippen LogP contribution >= 0.6 is 0 Å². The number of anilines is 2. The molecule has 1 saturated heterocycles. The van der Waals surface area contributed by atoms with Gasteiger partial charge in [0.2, 0.25) is 0 Å². The van der Waals surface area contributed by atoms with Crippen molar-refractivity contribution in [2.24, 2.45) is 5.92 Å². The first kappa shape index (κ1) is 15.0. The van der Waals surface area contributed by atoms with Crippen molar-refractivity contribution in [3.05, 3.63) is 11.9 Å². The number of rotatable bonds is 6. The number of hydrogen-bond acceptors (Lipinski definition) is 5. The van der Waals surface area contributed by atoms with Crippen molar-refractivity contribution in [1.29, 1.82) is 0 Å². The van der Waals surface area contributed by atoms with Crippen LogP contribution in [0, 0.1) is 5.92 Å². The summed E-state index contributed by atoms with van der Waals surface area (Å²) in [5, 5.41) is 3.10. The van der Waals surface area contributed by atoms with Crippen molar-refractivity contribution in [3.63, 3.8) is 0 Å². The van der Waals surface area contributed by atoms with Crippen LogP contribution in [0.1, 0.15) is 38.4 Å². The van der Waals surface area contributed by atoms with Gasteiger partial charge in [-0.3, -0.25) is 0 Å². The van der Waals surface area contributed by atoms with E-state index in [2.05, 4.69) is 27.1 Å². The van der Waals surface area contributed by atoms with Gasteiger partial charge in [-0.2, -0.15) is 0 Å². The molecule has 0 atom stereocenters. The lowest BCUT2D eigenvalue weighted by molar-refractivity contribution is 0.178. The molecule has 0 radical (unpaired) electrons. The average Bonchev–Trinajstić information content (AvgIpc) is 2.48. The molecule has 1 aromatic rings. The lowest BCUT2D eigenvalue weighted by Crippen LogP contribution is -2.34. The van der Waals surface area contributed by atoms with Gasteiger partial charge >= 0.3 is 0 Å². The summed E-state index contributed by atoms with van der Waals surface area (Å²) in [5.74, 6) is 3.51. The molecule has 0 unspecified atom stereocenters. The predicted molar refractivity (Wildman–Crippen MR) is 82.1 cm³/mol. The monoisotopic (exact) mass is 278 g/mol. The molecule has 5 heteroatoms. The van der Waals surface area contributed by atoms with E-state index < -0.39 is 0 Å². The molecular weight excluding hydrogens is 252 g/mol. The van der Waals surface area contributed by atoms with E-state index in [1.807, 2.05) is 13.1 Å². The normalized spacial score (nSPS) is 16.4. The predicted octanol–water partition coefficient (Wildman–Crippen LogP) is 2.68. The van der Waals surface area contributed by atoms with Gasteiger partial charge in [-0.05, 0) is 18.8 Å². The van der Waals surface area contributed by atoms with Gasteiger partial charge in [-0.25, -0.2) is 9.97 Å². The molecule has 1 aromatic heterocycles. The van der Waals surface area contributed by atoms with E-state index in [4.69, 9.17) is 4.74 Å². The largest absolute Gasteiger partial charge is 0.377 e. The first-order valence-corrected chi connectivity index (χ1v) is 7.56. The fraction of sp³-hybridized carbons (Fsp3) is 0.733. The minimum Gasteiger partial charge on any atom is -0.377 e. The molecule has 1 fully saturated rings. The third-order valence-corrected chi connectivity index (χ3v) is 3.92. The van der Waals surface area contributed by atoms with Crippen LogP contribution in [0.25, 0.3) is 0 Å². The number of hydrogen-bond donors (Lipinski definition) is 1. The SMILES string of the molecule is CCCC1CCN(c2cc(NC)nc(COC)n2)CC1. The first-order valence-electron chi connectivity index (χ1n) is 7.56. The number of methoxy groups -OCH3 is 1. The van der Waals surface area contributed by atoms with Crippen LogP contribution in [-0.4, -0.2) is 37.2 Å². The highest BCUT2D eigenvalue weighted by Gasteiger charge is 2.20. The molecule has 0 saturated carbocycles. The van der Waals surface area contributed by atoms with Crippen LogP contribution in [-0.2, 0) is 11.3 Å². The van der Waals surface area contributed by atoms with Crippen molar-refractivity contribution in [2.45, 2.75) is 39.2 Å². The molecule has 1 aliphatic heterocycles. The van der Waals surface area contributed by atoms with Gasteiger partial charge in [0.15, 0.2) is 5.82 Å². The smallest absolute Gasteiger partial charge is 0.158 e. The molecule has 0 amide bonds. The Kier molecular flexibility index (Phi) is 5.59. The van der Waals surface area contributed by atoms with Crippen LogP contribution in [0.4, 0.5) is 11.6 Å². The standard InChI is InChI=1S/C15H26N4O/c1-4-5-12-6-8-19(9-7-12)15-10-13(16-2)17-14(18-15)11-20-3/h10,12H,4-9,11H2,1-3H3,(H,16,17,18). The minimum atomic E-state index is 0.453. The highest BCUT2D eigenvalue weighted by molar-refractivity contribution is 5.49. The molecule has 1 N–H and O–H groups in total.